The molecule has 0 fully saturated rings. The van der Waals surface area contributed by atoms with Crippen LogP contribution in [0.3, 0.4) is 0 Å². The Labute approximate surface area is 107 Å². The minimum absolute atomic E-state index is 0.161. The Morgan fingerprint density at radius 3 is 2.71 bits per heavy atom. The summed E-state index contributed by atoms with van der Waals surface area (Å²) < 4.78 is 0. The molecule has 1 aliphatic carbocycles. The van der Waals surface area contributed by atoms with Crippen LogP contribution in [-0.2, 0) is 0 Å². The molecule has 1 atom stereocenters. The summed E-state index contributed by atoms with van der Waals surface area (Å²) in [6.07, 6.45) is 9.28. The van der Waals surface area contributed by atoms with Gasteiger partial charge >= 0.3 is 5.78 Å². The van der Waals surface area contributed by atoms with Gasteiger partial charge in [-0.15, -0.1) is 9.24 Å². The molecule has 0 saturated carbocycles. The SMILES string of the molecule is CC1=C(/C=C/C(C)=C/CP)C(C)(C)CCC1=[OH+]. The average Bonchev–Trinajstić information content (AvgIpc) is 2.24. The van der Waals surface area contributed by atoms with Gasteiger partial charge in [-0.3, -0.25) is 4.79 Å². The molecule has 94 valence electrons. The second-order valence-corrected chi connectivity index (χ2v) is 5.86. The van der Waals surface area contributed by atoms with Crippen LogP contribution in [0.15, 0.2) is 34.9 Å². The van der Waals surface area contributed by atoms with E-state index in [2.05, 4.69) is 48.2 Å². The van der Waals surface area contributed by atoms with Crippen LogP contribution in [-0.4, -0.2) is 16.7 Å². The number of rotatable bonds is 3. The number of ketones is 1. The van der Waals surface area contributed by atoms with E-state index >= 15 is 0 Å². The predicted molar refractivity (Wildman–Crippen MR) is 80.1 cm³/mol. The lowest BCUT2D eigenvalue weighted by atomic mass is 9.72. The van der Waals surface area contributed by atoms with Crippen LogP contribution in [0.2, 0.25) is 0 Å². The predicted octanol–water partition coefficient (Wildman–Crippen LogP) is 4.05. The standard InChI is InChI=1S/C15H23OP/c1-11(8-10-17)5-6-13-12(2)14(16)7-9-15(13,3)4/h5-6,8H,7,9-10,17H2,1-4H3/p+1/b6-5+,11-8+. The minimum atomic E-state index is 0.161. The molecule has 0 aliphatic heterocycles. The van der Waals surface area contributed by atoms with E-state index in [-0.39, 0.29) is 5.41 Å². The van der Waals surface area contributed by atoms with Crippen molar-refractivity contribution < 1.29 is 4.79 Å². The van der Waals surface area contributed by atoms with E-state index in [0.717, 1.165) is 24.6 Å². The maximum Gasteiger partial charge on any atom is 0.319 e. The lowest BCUT2D eigenvalue weighted by Crippen LogP contribution is -2.24. The second-order valence-electron chi connectivity index (χ2n) is 5.39. The van der Waals surface area contributed by atoms with Gasteiger partial charge in [0.05, 0.1) is 12.0 Å². The first-order chi connectivity index (χ1) is 7.88. The topological polar surface area (TPSA) is 21.4 Å². The molecule has 0 bridgehead atoms. The lowest BCUT2D eigenvalue weighted by Gasteiger charge is -2.30. The van der Waals surface area contributed by atoms with Crippen molar-refractivity contribution in [3.63, 3.8) is 0 Å². The van der Waals surface area contributed by atoms with Gasteiger partial charge < -0.3 is 0 Å². The van der Waals surface area contributed by atoms with Crippen molar-refractivity contribution in [2.24, 2.45) is 5.41 Å². The fourth-order valence-corrected chi connectivity index (χ4v) is 2.61. The first kappa shape index (κ1) is 14.4. The summed E-state index contributed by atoms with van der Waals surface area (Å²) in [4.78, 5) is 9.86. The fourth-order valence-electron chi connectivity index (χ4n) is 2.24. The summed E-state index contributed by atoms with van der Waals surface area (Å²) in [6, 6.07) is 0. The highest BCUT2D eigenvalue weighted by molar-refractivity contribution is 7.16. The Morgan fingerprint density at radius 1 is 1.47 bits per heavy atom. The maximum absolute atomic E-state index is 9.86. The molecule has 0 aromatic rings. The first-order valence-electron chi connectivity index (χ1n) is 6.20. The van der Waals surface area contributed by atoms with E-state index in [1.54, 1.807) is 0 Å². The molecule has 0 spiro atoms. The van der Waals surface area contributed by atoms with Gasteiger partial charge in [0.1, 0.15) is 0 Å². The average molecular weight is 251 g/mol. The van der Waals surface area contributed by atoms with Crippen LogP contribution in [0.5, 0.6) is 0 Å². The Balaban J connectivity index is 3.04. The van der Waals surface area contributed by atoms with Gasteiger partial charge in [-0.1, -0.05) is 37.6 Å². The van der Waals surface area contributed by atoms with Crippen molar-refractivity contribution in [2.75, 3.05) is 6.16 Å². The van der Waals surface area contributed by atoms with Crippen LogP contribution in [0.1, 0.15) is 40.5 Å². The van der Waals surface area contributed by atoms with E-state index < -0.39 is 0 Å². The lowest BCUT2D eigenvalue weighted by molar-refractivity contribution is 0.408. The third kappa shape index (κ3) is 3.64. The fraction of sp³-hybridized carbons (Fsp3) is 0.533. The normalized spacial score (nSPS) is 21.5. The van der Waals surface area contributed by atoms with Crippen LogP contribution in [0, 0.1) is 5.41 Å². The number of hydrogen-bond acceptors (Lipinski definition) is 0. The molecular formula is C15H24OP+. The largest absolute Gasteiger partial charge is 0.319 e. The summed E-state index contributed by atoms with van der Waals surface area (Å²) in [5.41, 5.74) is 3.74. The first-order valence-corrected chi connectivity index (χ1v) is 7.01. The minimum Gasteiger partial charge on any atom is -0.279 e. The summed E-state index contributed by atoms with van der Waals surface area (Å²) in [5, 5.41) is 0. The van der Waals surface area contributed by atoms with E-state index in [0.29, 0.717) is 5.78 Å². The van der Waals surface area contributed by atoms with Crippen LogP contribution >= 0.6 is 9.24 Å². The van der Waals surface area contributed by atoms with Crippen LogP contribution in [0.4, 0.5) is 0 Å². The Kier molecular flexibility index (Phi) is 4.89. The third-order valence-corrected chi connectivity index (χ3v) is 3.74. The summed E-state index contributed by atoms with van der Waals surface area (Å²) in [5.74, 6) is 0.552. The van der Waals surface area contributed by atoms with Gasteiger partial charge in [-0.05, 0) is 37.4 Å². The smallest absolute Gasteiger partial charge is 0.279 e. The Bertz CT molecular complexity index is 397. The van der Waals surface area contributed by atoms with Gasteiger partial charge in [-0.2, -0.15) is 0 Å². The second kappa shape index (κ2) is 5.78. The highest BCUT2D eigenvalue weighted by Gasteiger charge is 2.33. The molecule has 1 N–H and O–H groups in total. The molecule has 17 heavy (non-hydrogen) atoms. The molecule has 0 saturated heterocycles. The number of hydrogen-bond donors (Lipinski definition) is 0. The van der Waals surface area contributed by atoms with E-state index in [9.17, 15) is 4.79 Å². The van der Waals surface area contributed by atoms with Gasteiger partial charge in [0, 0.05) is 0 Å². The van der Waals surface area contributed by atoms with Crippen LogP contribution in [0.25, 0.3) is 0 Å². The molecule has 1 rings (SSSR count). The molecule has 0 heterocycles. The quantitative estimate of drug-likeness (QED) is 0.410. The zero-order chi connectivity index (χ0) is 13.1. The molecule has 1 nitrogen and oxygen atoms in total. The van der Waals surface area contributed by atoms with Gasteiger partial charge in [0.2, 0.25) is 0 Å². The van der Waals surface area contributed by atoms with E-state index in [1.165, 1.54) is 11.1 Å². The van der Waals surface area contributed by atoms with Crippen molar-refractivity contribution in [2.45, 2.75) is 40.5 Å². The molecule has 0 aromatic carbocycles. The molecule has 2 heteroatoms. The number of allylic oxidation sites excluding steroid dienone is 6. The Morgan fingerprint density at radius 2 is 2.12 bits per heavy atom. The van der Waals surface area contributed by atoms with Gasteiger partial charge in [-0.25, -0.2) is 0 Å². The molecule has 0 aromatic heterocycles. The zero-order valence-corrected chi connectivity index (χ0v) is 12.5. The molecular weight excluding hydrogens is 227 g/mol. The highest BCUT2D eigenvalue weighted by Crippen LogP contribution is 2.39. The van der Waals surface area contributed by atoms with E-state index in [4.69, 9.17) is 0 Å². The number of carbonyl (C=O) groups excluding carboxylic acids is 1. The van der Waals surface area contributed by atoms with Crippen molar-refractivity contribution >= 4 is 15.0 Å². The molecule has 0 radical (unpaired) electrons. The van der Waals surface area contributed by atoms with Gasteiger partial charge in [0.15, 0.2) is 0 Å². The summed E-state index contributed by atoms with van der Waals surface area (Å²) >= 11 is 0. The monoisotopic (exact) mass is 251 g/mol. The van der Waals surface area contributed by atoms with Crippen LogP contribution < -0.4 is 0 Å². The van der Waals surface area contributed by atoms with E-state index in [1.807, 2.05) is 6.92 Å². The summed E-state index contributed by atoms with van der Waals surface area (Å²) in [6.45, 7) is 8.62. The highest BCUT2D eigenvalue weighted by atomic mass is 31.0. The Hall–Kier alpha value is -0.680. The molecule has 1 aliphatic rings. The van der Waals surface area contributed by atoms with Crippen molar-refractivity contribution in [3.05, 3.63) is 34.9 Å². The summed E-state index contributed by atoms with van der Waals surface area (Å²) in [7, 11) is 2.70. The van der Waals surface area contributed by atoms with Crippen molar-refractivity contribution in [1.82, 2.24) is 0 Å². The van der Waals surface area contributed by atoms with Crippen molar-refractivity contribution in [3.8, 4) is 0 Å². The van der Waals surface area contributed by atoms with Crippen molar-refractivity contribution in [1.29, 1.82) is 0 Å². The maximum atomic E-state index is 9.86. The van der Waals surface area contributed by atoms with Gasteiger partial charge in [0.25, 0.3) is 0 Å². The molecule has 0 amide bonds. The molecule has 1 unspecified atom stereocenters. The third-order valence-electron chi connectivity index (χ3n) is 3.51. The zero-order valence-electron chi connectivity index (χ0n) is 11.4.